The molecular weight excluding hydrogens is 454 g/mol. The van der Waals surface area contributed by atoms with Crippen LogP contribution in [0.15, 0.2) is 95.5 Å². The van der Waals surface area contributed by atoms with E-state index in [1.54, 1.807) is 18.2 Å². The normalized spacial score (nSPS) is 16.9. The summed E-state index contributed by atoms with van der Waals surface area (Å²) < 4.78 is 0. The first-order valence-electron chi connectivity index (χ1n) is 10.3. The Morgan fingerprint density at radius 1 is 1.00 bits per heavy atom. The summed E-state index contributed by atoms with van der Waals surface area (Å²) in [6, 6.07) is 27.9. The van der Waals surface area contributed by atoms with Crippen LogP contribution in [0.4, 0.5) is 5.69 Å². The van der Waals surface area contributed by atoms with Gasteiger partial charge < -0.3 is 5.32 Å². The molecule has 1 aliphatic heterocycles. The fourth-order valence-corrected chi connectivity index (χ4v) is 5.04. The molecule has 1 fully saturated rings. The molecule has 3 aromatic carbocycles. The number of nitrogens with one attached hydrogen (secondary N) is 1. The lowest BCUT2D eigenvalue weighted by atomic mass is 10.1. The third-order valence-corrected chi connectivity index (χ3v) is 6.81. The number of carbonyl (C=O) groups is 2. The third kappa shape index (κ3) is 5.11. The van der Waals surface area contributed by atoms with Gasteiger partial charge in [0.2, 0.25) is 5.91 Å². The largest absolute Gasteiger partial charge is 0.347 e. The highest BCUT2D eigenvalue weighted by molar-refractivity contribution is 8.05. The SMILES string of the molecule is N#C/C(C(=O)NCc1ccccc1)=C1/S[C@@H](Cc2ccccc2Cl)C(=O)N1c1ccccc1. The fraction of sp³-hybridized carbons (Fsp3) is 0.115. The zero-order valence-electron chi connectivity index (χ0n) is 17.6. The second-order valence-electron chi connectivity index (χ2n) is 7.37. The number of nitrogens with zero attached hydrogens (tertiary/aromatic N) is 2. The maximum Gasteiger partial charge on any atom is 0.264 e. The highest BCUT2D eigenvalue weighted by Gasteiger charge is 2.40. The summed E-state index contributed by atoms with van der Waals surface area (Å²) in [5.74, 6) is -0.708. The van der Waals surface area contributed by atoms with Crippen LogP contribution in [0, 0.1) is 11.3 Å². The van der Waals surface area contributed by atoms with Gasteiger partial charge in [-0.1, -0.05) is 90.1 Å². The van der Waals surface area contributed by atoms with E-state index in [2.05, 4.69) is 5.32 Å². The van der Waals surface area contributed by atoms with Crippen molar-refractivity contribution in [3.05, 3.63) is 112 Å². The lowest BCUT2D eigenvalue weighted by molar-refractivity contribution is -0.117. The van der Waals surface area contributed by atoms with Crippen LogP contribution < -0.4 is 10.2 Å². The van der Waals surface area contributed by atoms with Gasteiger partial charge in [-0.3, -0.25) is 14.5 Å². The fourth-order valence-electron chi connectivity index (χ4n) is 3.53. The second-order valence-corrected chi connectivity index (χ2v) is 8.97. The van der Waals surface area contributed by atoms with Crippen molar-refractivity contribution in [2.45, 2.75) is 18.2 Å². The summed E-state index contributed by atoms with van der Waals surface area (Å²) in [4.78, 5) is 27.9. The monoisotopic (exact) mass is 473 g/mol. The van der Waals surface area contributed by atoms with E-state index in [0.29, 0.717) is 22.2 Å². The molecule has 1 N–H and O–H groups in total. The summed E-state index contributed by atoms with van der Waals surface area (Å²) in [6.45, 7) is 0.283. The van der Waals surface area contributed by atoms with Crippen LogP contribution in [-0.2, 0) is 22.6 Å². The maximum absolute atomic E-state index is 13.4. The molecule has 1 atom stereocenters. The number of amides is 2. The van der Waals surface area contributed by atoms with Gasteiger partial charge in [0, 0.05) is 17.3 Å². The number of rotatable bonds is 6. The molecule has 1 saturated heterocycles. The minimum Gasteiger partial charge on any atom is -0.347 e. The van der Waals surface area contributed by atoms with Gasteiger partial charge in [-0.05, 0) is 35.7 Å². The molecular formula is C26H20ClN3O2S. The number of nitriles is 1. The maximum atomic E-state index is 13.4. The molecule has 1 aliphatic rings. The molecule has 5 nitrogen and oxygen atoms in total. The van der Waals surface area contributed by atoms with Gasteiger partial charge in [0.05, 0.1) is 5.25 Å². The predicted molar refractivity (Wildman–Crippen MR) is 131 cm³/mol. The molecule has 164 valence electrons. The van der Waals surface area contributed by atoms with Gasteiger partial charge in [-0.2, -0.15) is 5.26 Å². The van der Waals surface area contributed by atoms with E-state index in [0.717, 1.165) is 11.1 Å². The number of para-hydroxylation sites is 1. The Kier molecular flexibility index (Phi) is 7.13. The first-order valence-corrected chi connectivity index (χ1v) is 11.6. The molecule has 0 unspecified atom stereocenters. The first kappa shape index (κ1) is 22.7. The van der Waals surface area contributed by atoms with Gasteiger partial charge in [-0.15, -0.1) is 0 Å². The standard InChI is InChI=1S/C26H20ClN3O2S/c27-22-14-8-7-11-19(22)15-23-25(32)30(20-12-5-2-6-13-20)26(33-23)21(16-28)24(31)29-17-18-9-3-1-4-10-18/h1-14,23H,15,17H2,(H,29,31)/b26-21-/t23-/m0/s1. The molecule has 4 rings (SSSR count). The van der Waals surface area contributed by atoms with Crippen LogP contribution in [0.25, 0.3) is 0 Å². The summed E-state index contributed by atoms with van der Waals surface area (Å²) in [7, 11) is 0. The third-order valence-electron chi connectivity index (χ3n) is 5.18. The van der Waals surface area contributed by atoms with E-state index in [1.165, 1.54) is 16.7 Å². The Labute approximate surface area is 201 Å². The summed E-state index contributed by atoms with van der Waals surface area (Å²) in [6.07, 6.45) is 0.389. The molecule has 1 heterocycles. The minimum atomic E-state index is -0.518. The molecule has 3 aromatic rings. The molecule has 0 spiro atoms. The number of halogens is 1. The summed E-state index contributed by atoms with van der Waals surface area (Å²) in [5, 5.41) is 13.1. The van der Waals surface area contributed by atoms with E-state index >= 15 is 0 Å². The van der Waals surface area contributed by atoms with Gasteiger partial charge in [0.25, 0.3) is 5.91 Å². The summed E-state index contributed by atoms with van der Waals surface area (Å²) >= 11 is 7.54. The van der Waals surface area contributed by atoms with Crippen LogP contribution in [0.2, 0.25) is 5.02 Å². The Balaban J connectivity index is 1.67. The predicted octanol–water partition coefficient (Wildman–Crippen LogP) is 5.08. The van der Waals surface area contributed by atoms with Crippen molar-refractivity contribution in [2.75, 3.05) is 4.90 Å². The topological polar surface area (TPSA) is 73.2 Å². The van der Waals surface area contributed by atoms with Crippen LogP contribution in [-0.4, -0.2) is 17.1 Å². The van der Waals surface area contributed by atoms with Crippen molar-refractivity contribution >= 4 is 40.9 Å². The van der Waals surface area contributed by atoms with Crippen molar-refractivity contribution in [3.63, 3.8) is 0 Å². The highest BCUT2D eigenvalue weighted by Crippen LogP contribution is 2.42. The highest BCUT2D eigenvalue weighted by atomic mass is 35.5. The molecule has 0 bridgehead atoms. The van der Waals surface area contributed by atoms with Crippen molar-refractivity contribution in [3.8, 4) is 6.07 Å². The van der Waals surface area contributed by atoms with Crippen molar-refractivity contribution in [2.24, 2.45) is 0 Å². The number of anilines is 1. The van der Waals surface area contributed by atoms with Crippen molar-refractivity contribution in [1.82, 2.24) is 5.32 Å². The molecule has 0 radical (unpaired) electrons. The van der Waals surface area contributed by atoms with Gasteiger partial charge in [-0.25, -0.2) is 0 Å². The minimum absolute atomic E-state index is 0.0882. The lowest BCUT2D eigenvalue weighted by Gasteiger charge is -2.18. The molecule has 0 aromatic heterocycles. The number of thioether (sulfide) groups is 1. The number of benzene rings is 3. The van der Waals surface area contributed by atoms with Gasteiger partial charge in [0.15, 0.2) is 0 Å². The van der Waals surface area contributed by atoms with Crippen LogP contribution in [0.5, 0.6) is 0 Å². The van der Waals surface area contributed by atoms with Gasteiger partial charge in [0.1, 0.15) is 16.7 Å². The smallest absolute Gasteiger partial charge is 0.264 e. The Morgan fingerprint density at radius 3 is 2.30 bits per heavy atom. The molecule has 2 amide bonds. The Hall–Kier alpha value is -3.53. The first-order chi connectivity index (χ1) is 16.1. The lowest BCUT2D eigenvalue weighted by Crippen LogP contribution is -2.32. The van der Waals surface area contributed by atoms with Crippen molar-refractivity contribution < 1.29 is 9.59 Å². The van der Waals surface area contributed by atoms with E-state index in [4.69, 9.17) is 11.6 Å². The van der Waals surface area contributed by atoms with Crippen LogP contribution >= 0.6 is 23.4 Å². The zero-order valence-corrected chi connectivity index (χ0v) is 19.1. The Morgan fingerprint density at radius 2 is 1.64 bits per heavy atom. The average molecular weight is 474 g/mol. The molecule has 33 heavy (non-hydrogen) atoms. The van der Waals surface area contributed by atoms with E-state index in [1.807, 2.05) is 72.8 Å². The number of hydrogen-bond acceptors (Lipinski definition) is 4. The van der Waals surface area contributed by atoms with E-state index < -0.39 is 11.2 Å². The second kappa shape index (κ2) is 10.4. The van der Waals surface area contributed by atoms with Crippen molar-refractivity contribution in [1.29, 1.82) is 5.26 Å². The van der Waals surface area contributed by atoms with Crippen LogP contribution in [0.3, 0.4) is 0 Å². The number of hydrogen-bond donors (Lipinski definition) is 1. The van der Waals surface area contributed by atoms with Crippen LogP contribution in [0.1, 0.15) is 11.1 Å². The zero-order chi connectivity index (χ0) is 23.2. The molecule has 7 heteroatoms. The Bertz CT molecular complexity index is 1240. The van der Waals surface area contributed by atoms with E-state index in [9.17, 15) is 14.9 Å². The number of carbonyl (C=O) groups excluding carboxylic acids is 2. The average Bonchev–Trinajstić information content (AvgIpc) is 3.16. The molecule has 0 saturated carbocycles. The quantitative estimate of drug-likeness (QED) is 0.400. The summed E-state index contributed by atoms with van der Waals surface area (Å²) in [5.41, 5.74) is 2.27. The molecule has 0 aliphatic carbocycles. The van der Waals surface area contributed by atoms with E-state index in [-0.39, 0.29) is 18.0 Å². The van der Waals surface area contributed by atoms with Gasteiger partial charge >= 0.3 is 0 Å².